The summed E-state index contributed by atoms with van der Waals surface area (Å²) in [6, 6.07) is 12.0. The summed E-state index contributed by atoms with van der Waals surface area (Å²) in [4.78, 5) is 43.1. The van der Waals surface area contributed by atoms with Gasteiger partial charge in [-0.2, -0.15) is 0 Å². The van der Waals surface area contributed by atoms with Gasteiger partial charge in [-0.25, -0.2) is 4.90 Å². The van der Waals surface area contributed by atoms with Crippen LogP contribution in [0.2, 0.25) is 5.02 Å². The van der Waals surface area contributed by atoms with Gasteiger partial charge in [0.25, 0.3) is 17.7 Å². The molecule has 0 spiro atoms. The largest absolute Gasteiger partial charge is 0.350 e. The molecule has 178 valence electrons. The summed E-state index contributed by atoms with van der Waals surface area (Å²) < 4.78 is 0. The highest BCUT2D eigenvalue weighted by molar-refractivity contribution is 6.53. The molecule has 2 heterocycles. The number of anilines is 2. The summed E-state index contributed by atoms with van der Waals surface area (Å²) >= 11 is 12.4. The number of rotatable bonds is 5. The lowest BCUT2D eigenvalue weighted by atomic mass is 10.0. The van der Waals surface area contributed by atoms with Crippen molar-refractivity contribution in [3.8, 4) is 0 Å². The van der Waals surface area contributed by atoms with Crippen LogP contribution in [0, 0.1) is 6.92 Å². The van der Waals surface area contributed by atoms with Gasteiger partial charge in [-0.3, -0.25) is 14.4 Å². The van der Waals surface area contributed by atoms with Crippen molar-refractivity contribution in [2.45, 2.75) is 25.8 Å². The summed E-state index contributed by atoms with van der Waals surface area (Å²) in [5.74, 6) is -1.22. The Hall–Kier alpha value is -2.87. The smallest absolute Gasteiger partial charge is 0.283 e. The molecule has 0 radical (unpaired) electrons. The van der Waals surface area contributed by atoms with Crippen LogP contribution in [0.3, 0.4) is 0 Å². The van der Waals surface area contributed by atoms with Crippen LogP contribution in [0.1, 0.15) is 28.8 Å². The number of carbonyl (C=O) groups excluding carboxylic acids is 3. The minimum absolute atomic E-state index is 0.0175. The number of nitrogens with zero attached hydrogens (tertiary/aromatic N) is 2. The number of hydrogen-bond acceptors (Lipinski definition) is 4. The maximum Gasteiger partial charge on any atom is 0.283 e. The van der Waals surface area contributed by atoms with E-state index >= 15 is 0 Å². The molecule has 0 unspecified atom stereocenters. The Bertz CT molecular complexity index is 1170. The van der Waals surface area contributed by atoms with Crippen LogP contribution in [0.15, 0.2) is 53.2 Å². The molecule has 0 atom stereocenters. The number of likely N-dealkylation sites (tertiary alicyclic amines) is 1. The number of benzene rings is 2. The minimum atomic E-state index is -0.618. The van der Waals surface area contributed by atoms with Crippen molar-refractivity contribution < 1.29 is 19.3 Å². The van der Waals surface area contributed by atoms with E-state index in [1.165, 1.54) is 4.90 Å². The lowest BCUT2D eigenvalue weighted by molar-refractivity contribution is -0.885. The number of quaternary nitrogens is 1. The van der Waals surface area contributed by atoms with E-state index in [4.69, 9.17) is 23.2 Å². The standard InChI is InChI=1S/C25H26Cl2N4O3/c1-15-19(26)5-4-6-20(15)31-24(33)21(27)22(25(31)34)28-17-9-7-16(8-10-17)23(32)30(3)18-11-13-29(2)14-12-18/h4-10,18,28H,11-14H2,1-3H3/p+1. The van der Waals surface area contributed by atoms with Crippen molar-refractivity contribution in [2.24, 2.45) is 0 Å². The van der Waals surface area contributed by atoms with Gasteiger partial charge in [-0.15, -0.1) is 0 Å². The fraction of sp³-hybridized carbons (Fsp3) is 0.320. The molecule has 1 saturated heterocycles. The SMILES string of the molecule is Cc1c(Cl)cccc1N1C(=O)C(Cl)=C(Nc2ccc(C(=O)N(C)C3CC[NH+](C)CC3)cc2)C1=O. The average Bonchev–Trinajstić information content (AvgIpc) is 3.04. The molecule has 0 bridgehead atoms. The first kappa shape index (κ1) is 24.3. The molecule has 2 aromatic carbocycles. The van der Waals surface area contributed by atoms with Crippen LogP contribution in [0.25, 0.3) is 0 Å². The molecule has 4 rings (SSSR count). The number of piperidine rings is 1. The van der Waals surface area contributed by atoms with Crippen molar-refractivity contribution in [1.82, 2.24) is 4.90 Å². The molecule has 2 aliphatic heterocycles. The number of halogens is 2. The first-order chi connectivity index (χ1) is 16.2. The molecule has 0 aromatic heterocycles. The maximum absolute atomic E-state index is 13.1. The van der Waals surface area contributed by atoms with Crippen LogP contribution in [0.4, 0.5) is 11.4 Å². The molecule has 7 nitrogen and oxygen atoms in total. The first-order valence-corrected chi connectivity index (χ1v) is 11.9. The zero-order chi connectivity index (χ0) is 24.6. The molecule has 2 N–H and O–H groups in total. The number of hydrogen-bond donors (Lipinski definition) is 2. The van der Waals surface area contributed by atoms with Gasteiger partial charge >= 0.3 is 0 Å². The van der Waals surface area contributed by atoms with Crippen LogP contribution in [-0.2, 0) is 9.59 Å². The summed E-state index contributed by atoms with van der Waals surface area (Å²) in [5, 5.41) is 3.19. The van der Waals surface area contributed by atoms with E-state index in [-0.39, 0.29) is 22.7 Å². The van der Waals surface area contributed by atoms with Crippen molar-refractivity contribution >= 4 is 52.3 Å². The average molecular weight is 502 g/mol. The van der Waals surface area contributed by atoms with Gasteiger partial charge < -0.3 is 15.1 Å². The Kier molecular flexibility index (Phi) is 6.98. The van der Waals surface area contributed by atoms with Crippen molar-refractivity contribution in [1.29, 1.82) is 0 Å². The third-order valence-corrected chi connectivity index (χ3v) is 7.35. The van der Waals surface area contributed by atoms with Gasteiger partial charge in [0.05, 0.1) is 25.8 Å². The molecule has 2 aromatic rings. The number of carbonyl (C=O) groups is 3. The number of imide groups is 1. The molecular weight excluding hydrogens is 475 g/mol. The molecule has 0 aliphatic carbocycles. The van der Waals surface area contributed by atoms with Crippen molar-refractivity contribution in [2.75, 3.05) is 37.4 Å². The van der Waals surface area contributed by atoms with Crippen molar-refractivity contribution in [3.63, 3.8) is 0 Å². The third-order valence-electron chi connectivity index (χ3n) is 6.59. The Morgan fingerprint density at radius 2 is 1.71 bits per heavy atom. The second kappa shape index (κ2) is 9.78. The highest BCUT2D eigenvalue weighted by Gasteiger charge is 2.39. The number of amides is 3. The normalized spacial score (nSPS) is 20.7. The summed E-state index contributed by atoms with van der Waals surface area (Å²) in [6.45, 7) is 3.84. The number of nitrogens with one attached hydrogen (secondary N) is 2. The second-order valence-electron chi connectivity index (χ2n) is 8.83. The van der Waals surface area contributed by atoms with E-state index in [1.54, 1.807) is 49.4 Å². The van der Waals surface area contributed by atoms with Gasteiger partial charge in [0.15, 0.2) is 0 Å². The topological polar surface area (TPSA) is 74.2 Å². The lowest BCUT2D eigenvalue weighted by Crippen LogP contribution is -3.10. The van der Waals surface area contributed by atoms with Crippen LogP contribution >= 0.6 is 23.2 Å². The van der Waals surface area contributed by atoms with Crippen LogP contribution in [-0.4, -0.2) is 55.8 Å². The monoisotopic (exact) mass is 501 g/mol. The highest BCUT2D eigenvalue weighted by atomic mass is 35.5. The molecule has 1 fully saturated rings. The Morgan fingerprint density at radius 3 is 2.35 bits per heavy atom. The van der Waals surface area contributed by atoms with E-state index in [9.17, 15) is 14.4 Å². The molecule has 0 saturated carbocycles. The van der Waals surface area contributed by atoms with Gasteiger partial charge in [-0.1, -0.05) is 29.3 Å². The summed E-state index contributed by atoms with van der Waals surface area (Å²) in [7, 11) is 4.02. The Morgan fingerprint density at radius 1 is 1.06 bits per heavy atom. The van der Waals surface area contributed by atoms with E-state index in [1.807, 2.05) is 11.9 Å². The molecular formula is C25H27Cl2N4O3+. The zero-order valence-corrected chi connectivity index (χ0v) is 20.8. The van der Waals surface area contributed by atoms with Gasteiger partial charge in [0.2, 0.25) is 0 Å². The Labute approximate surface area is 208 Å². The first-order valence-electron chi connectivity index (χ1n) is 11.2. The lowest BCUT2D eigenvalue weighted by Gasteiger charge is -2.33. The van der Waals surface area contributed by atoms with Gasteiger partial charge in [0.1, 0.15) is 10.7 Å². The quantitative estimate of drug-likeness (QED) is 0.617. The predicted molar refractivity (Wildman–Crippen MR) is 133 cm³/mol. The fourth-order valence-corrected chi connectivity index (χ4v) is 4.74. The van der Waals surface area contributed by atoms with Gasteiger partial charge in [0, 0.05) is 42.2 Å². The van der Waals surface area contributed by atoms with Gasteiger partial charge in [-0.05, 0) is 48.9 Å². The third kappa shape index (κ3) is 4.56. The van der Waals surface area contributed by atoms with E-state index in [0.717, 1.165) is 30.8 Å². The van der Waals surface area contributed by atoms with E-state index in [0.29, 0.717) is 27.5 Å². The van der Waals surface area contributed by atoms with Crippen LogP contribution < -0.4 is 15.1 Å². The summed E-state index contributed by atoms with van der Waals surface area (Å²) in [5.41, 5.74) is 2.08. The maximum atomic E-state index is 13.1. The predicted octanol–water partition coefficient (Wildman–Crippen LogP) is 2.83. The van der Waals surface area contributed by atoms with E-state index < -0.39 is 11.8 Å². The van der Waals surface area contributed by atoms with Crippen LogP contribution in [0.5, 0.6) is 0 Å². The molecule has 9 heteroatoms. The minimum Gasteiger partial charge on any atom is -0.350 e. The highest BCUT2D eigenvalue weighted by Crippen LogP contribution is 2.34. The Balaban J connectivity index is 1.48. The van der Waals surface area contributed by atoms with Crippen molar-refractivity contribution in [3.05, 3.63) is 69.3 Å². The molecule has 2 aliphatic rings. The molecule has 34 heavy (non-hydrogen) atoms. The second-order valence-corrected chi connectivity index (χ2v) is 9.61. The fourth-order valence-electron chi connectivity index (χ4n) is 4.36. The summed E-state index contributed by atoms with van der Waals surface area (Å²) in [6.07, 6.45) is 1.97. The molecule has 3 amide bonds. The zero-order valence-electron chi connectivity index (χ0n) is 19.3. The van der Waals surface area contributed by atoms with E-state index in [2.05, 4.69) is 12.4 Å².